The van der Waals surface area contributed by atoms with Crippen molar-refractivity contribution in [2.45, 2.75) is 19.0 Å². The highest BCUT2D eigenvalue weighted by molar-refractivity contribution is 5.79. The van der Waals surface area contributed by atoms with Gasteiger partial charge in [0.05, 0.1) is 0 Å². The molecular formula is C26H21F2NO3. The summed E-state index contributed by atoms with van der Waals surface area (Å²) in [6.07, 6.45) is -0.0541. The molecule has 0 saturated carbocycles. The zero-order valence-electron chi connectivity index (χ0n) is 17.2. The topological polar surface area (TPSA) is 47.6 Å². The van der Waals surface area contributed by atoms with Gasteiger partial charge in [-0.05, 0) is 46.5 Å². The fraction of sp³-hybridized carbons (Fsp3) is 0.192. The molecule has 0 heterocycles. The third-order valence-corrected chi connectivity index (χ3v) is 5.18. The molecule has 4 nitrogen and oxygen atoms in total. The second kappa shape index (κ2) is 9.97. The first kappa shape index (κ1) is 21.4. The van der Waals surface area contributed by atoms with Gasteiger partial charge in [-0.15, -0.1) is 0 Å². The number of nitrogens with one attached hydrogen (secondary N) is 1. The first-order valence-corrected chi connectivity index (χ1v) is 10.2. The highest BCUT2D eigenvalue weighted by Crippen LogP contribution is 2.44. The lowest BCUT2D eigenvalue weighted by Gasteiger charge is -2.14. The van der Waals surface area contributed by atoms with Gasteiger partial charge in [0, 0.05) is 24.4 Å². The molecule has 1 aliphatic carbocycles. The molecule has 1 N–H and O–H groups in total. The molecule has 4 rings (SSSR count). The normalized spacial score (nSPS) is 11.8. The van der Waals surface area contributed by atoms with Gasteiger partial charge in [-0.1, -0.05) is 60.4 Å². The number of fused-ring (bicyclic) bond motifs is 3. The van der Waals surface area contributed by atoms with E-state index in [1.165, 1.54) is 23.3 Å². The Kier molecular flexibility index (Phi) is 6.66. The molecular weight excluding hydrogens is 412 g/mol. The SMILES string of the molecule is O=C(NCCC#Cc1ccc(OC(F)F)cc1)OCC1c2ccccc2-c2ccccc21. The van der Waals surface area contributed by atoms with Crippen LogP contribution < -0.4 is 10.1 Å². The summed E-state index contributed by atoms with van der Waals surface area (Å²) < 4.78 is 34.1. The first-order valence-electron chi connectivity index (χ1n) is 10.2. The summed E-state index contributed by atoms with van der Waals surface area (Å²) in [5, 5.41) is 2.70. The van der Waals surface area contributed by atoms with Crippen LogP contribution in [0.5, 0.6) is 5.75 Å². The molecule has 0 aliphatic heterocycles. The molecule has 162 valence electrons. The number of hydrogen-bond donors (Lipinski definition) is 1. The fourth-order valence-corrected chi connectivity index (χ4v) is 3.76. The van der Waals surface area contributed by atoms with E-state index in [1.807, 2.05) is 24.3 Å². The van der Waals surface area contributed by atoms with Gasteiger partial charge in [-0.25, -0.2) is 4.79 Å². The quantitative estimate of drug-likeness (QED) is 0.409. The third-order valence-electron chi connectivity index (χ3n) is 5.18. The van der Waals surface area contributed by atoms with Crippen molar-refractivity contribution in [3.63, 3.8) is 0 Å². The summed E-state index contributed by atoms with van der Waals surface area (Å²) in [5.74, 6) is 5.95. The Hall–Kier alpha value is -3.85. The summed E-state index contributed by atoms with van der Waals surface area (Å²) in [4.78, 5) is 12.1. The molecule has 6 heteroatoms. The number of amides is 1. The molecule has 0 unspecified atom stereocenters. The molecule has 0 spiro atoms. The summed E-state index contributed by atoms with van der Waals surface area (Å²) in [5.41, 5.74) is 5.37. The van der Waals surface area contributed by atoms with Gasteiger partial charge in [0.15, 0.2) is 0 Å². The molecule has 0 atom stereocenters. The predicted molar refractivity (Wildman–Crippen MR) is 118 cm³/mol. The van der Waals surface area contributed by atoms with Crippen LogP contribution in [0.2, 0.25) is 0 Å². The Balaban J connectivity index is 1.24. The van der Waals surface area contributed by atoms with Crippen LogP contribution in [0.25, 0.3) is 11.1 Å². The predicted octanol–water partition coefficient (Wildman–Crippen LogP) is 5.57. The molecule has 0 fully saturated rings. The number of hydrogen-bond acceptors (Lipinski definition) is 3. The minimum atomic E-state index is -2.85. The first-order chi connectivity index (χ1) is 15.6. The highest BCUT2D eigenvalue weighted by atomic mass is 19.3. The van der Waals surface area contributed by atoms with E-state index in [4.69, 9.17) is 4.74 Å². The third kappa shape index (κ3) is 5.06. The van der Waals surface area contributed by atoms with Crippen LogP contribution in [0.15, 0.2) is 72.8 Å². The highest BCUT2D eigenvalue weighted by Gasteiger charge is 2.28. The number of carbonyl (C=O) groups is 1. The van der Waals surface area contributed by atoms with Gasteiger partial charge >= 0.3 is 12.7 Å². The zero-order chi connectivity index (χ0) is 22.3. The van der Waals surface area contributed by atoms with E-state index in [1.54, 1.807) is 12.1 Å². The molecule has 32 heavy (non-hydrogen) atoms. The average Bonchev–Trinajstić information content (AvgIpc) is 3.12. The number of alkyl halides is 2. The van der Waals surface area contributed by atoms with Crippen molar-refractivity contribution >= 4 is 6.09 Å². The van der Waals surface area contributed by atoms with E-state index < -0.39 is 12.7 Å². The molecule has 1 aliphatic rings. The monoisotopic (exact) mass is 433 g/mol. The Bertz CT molecular complexity index is 1100. The van der Waals surface area contributed by atoms with Gasteiger partial charge in [-0.3, -0.25) is 0 Å². The van der Waals surface area contributed by atoms with Crippen LogP contribution in [0, 0.1) is 11.8 Å². The Morgan fingerprint density at radius 3 is 2.19 bits per heavy atom. The van der Waals surface area contributed by atoms with E-state index in [0.29, 0.717) is 18.5 Å². The molecule has 0 radical (unpaired) electrons. The fourth-order valence-electron chi connectivity index (χ4n) is 3.76. The van der Waals surface area contributed by atoms with Crippen molar-refractivity contribution in [1.29, 1.82) is 0 Å². The van der Waals surface area contributed by atoms with Gasteiger partial charge in [0.25, 0.3) is 0 Å². The Morgan fingerprint density at radius 2 is 1.56 bits per heavy atom. The molecule has 3 aromatic carbocycles. The van der Waals surface area contributed by atoms with E-state index in [9.17, 15) is 13.6 Å². The maximum atomic E-state index is 12.2. The number of halogens is 2. The molecule has 0 saturated heterocycles. The van der Waals surface area contributed by atoms with Crippen molar-refractivity contribution in [1.82, 2.24) is 5.32 Å². The summed E-state index contributed by atoms with van der Waals surface area (Å²) in [6.45, 7) is -2.25. The molecule has 1 amide bonds. The largest absolute Gasteiger partial charge is 0.449 e. The van der Waals surface area contributed by atoms with E-state index in [2.05, 4.69) is 46.2 Å². The van der Waals surface area contributed by atoms with Crippen LogP contribution >= 0.6 is 0 Å². The molecule has 0 bridgehead atoms. The summed E-state index contributed by atoms with van der Waals surface area (Å²) in [7, 11) is 0. The van der Waals surface area contributed by atoms with Gasteiger partial charge in [0.2, 0.25) is 0 Å². The average molecular weight is 433 g/mol. The van der Waals surface area contributed by atoms with Gasteiger partial charge in [-0.2, -0.15) is 8.78 Å². The van der Waals surface area contributed by atoms with Gasteiger partial charge in [0.1, 0.15) is 12.4 Å². The second-order valence-electron chi connectivity index (χ2n) is 7.21. The Labute approximate surface area is 185 Å². The van der Waals surface area contributed by atoms with Crippen molar-refractivity contribution in [2.75, 3.05) is 13.2 Å². The Morgan fingerprint density at radius 1 is 0.938 bits per heavy atom. The smallest absolute Gasteiger partial charge is 0.407 e. The maximum Gasteiger partial charge on any atom is 0.407 e. The number of benzene rings is 3. The standard InChI is InChI=1S/C26H21F2NO3/c27-25(28)32-19-14-12-18(13-15-19)7-5-6-16-29-26(30)31-17-24-22-10-3-1-8-20(22)21-9-2-4-11-23(21)24/h1-4,8-15,24-25H,6,16-17H2,(H,29,30). The summed E-state index contributed by atoms with van der Waals surface area (Å²) >= 11 is 0. The van der Waals surface area contributed by atoms with Crippen molar-refractivity contribution < 1.29 is 23.0 Å². The number of ether oxygens (including phenoxy) is 2. The van der Waals surface area contributed by atoms with Crippen LogP contribution in [0.4, 0.5) is 13.6 Å². The number of alkyl carbamates (subject to hydrolysis) is 1. The zero-order valence-corrected chi connectivity index (χ0v) is 17.2. The van der Waals surface area contributed by atoms with Crippen molar-refractivity contribution in [3.05, 3.63) is 89.5 Å². The minimum Gasteiger partial charge on any atom is -0.449 e. The second-order valence-corrected chi connectivity index (χ2v) is 7.21. The van der Waals surface area contributed by atoms with Crippen molar-refractivity contribution in [3.8, 4) is 28.7 Å². The molecule has 0 aromatic heterocycles. The van der Waals surface area contributed by atoms with E-state index in [0.717, 1.165) is 11.1 Å². The lowest BCUT2D eigenvalue weighted by Crippen LogP contribution is -2.26. The van der Waals surface area contributed by atoms with E-state index >= 15 is 0 Å². The van der Waals surface area contributed by atoms with Crippen LogP contribution in [0.1, 0.15) is 29.0 Å². The van der Waals surface area contributed by atoms with Crippen LogP contribution in [-0.4, -0.2) is 25.9 Å². The number of carbonyl (C=O) groups excluding carboxylic acids is 1. The van der Waals surface area contributed by atoms with Crippen LogP contribution in [-0.2, 0) is 4.74 Å². The van der Waals surface area contributed by atoms with Gasteiger partial charge < -0.3 is 14.8 Å². The maximum absolute atomic E-state index is 12.2. The lowest BCUT2D eigenvalue weighted by molar-refractivity contribution is -0.0498. The van der Waals surface area contributed by atoms with Crippen molar-refractivity contribution in [2.24, 2.45) is 0 Å². The lowest BCUT2D eigenvalue weighted by atomic mass is 9.98. The number of rotatable bonds is 6. The van der Waals surface area contributed by atoms with Crippen LogP contribution in [0.3, 0.4) is 0 Å². The minimum absolute atomic E-state index is 0.0185. The summed E-state index contributed by atoms with van der Waals surface area (Å²) in [6, 6.07) is 22.4. The van der Waals surface area contributed by atoms with E-state index in [-0.39, 0.29) is 18.3 Å². The molecule has 3 aromatic rings.